The summed E-state index contributed by atoms with van der Waals surface area (Å²) in [6, 6.07) is 10.4. The molecular formula is C17H14ClF3O. The van der Waals surface area contributed by atoms with Gasteiger partial charge in [0.1, 0.15) is 6.29 Å². The van der Waals surface area contributed by atoms with Crippen molar-refractivity contribution in [1.82, 2.24) is 0 Å². The molecule has 0 fully saturated rings. The summed E-state index contributed by atoms with van der Waals surface area (Å²) in [5, 5.41) is 0.468. The van der Waals surface area contributed by atoms with Crippen LogP contribution in [0.25, 0.3) is 11.1 Å². The highest BCUT2D eigenvalue weighted by molar-refractivity contribution is 6.30. The zero-order valence-electron chi connectivity index (χ0n) is 11.7. The molecular weight excluding hydrogens is 313 g/mol. The van der Waals surface area contributed by atoms with Gasteiger partial charge in [0, 0.05) is 11.4 Å². The molecule has 2 aromatic rings. The van der Waals surface area contributed by atoms with Crippen LogP contribution in [0.4, 0.5) is 13.2 Å². The molecule has 1 nitrogen and oxygen atoms in total. The standard InChI is InChI=1S/C17H14ClF3O/c18-14-9-7-13(8-10-14)16-12(4-1-2-11-22)5-3-6-15(16)17(19,20)21/h3,5-11H,1-2,4H2. The predicted molar refractivity (Wildman–Crippen MR) is 80.9 cm³/mol. The molecule has 116 valence electrons. The molecule has 0 amide bonds. The van der Waals surface area contributed by atoms with Crippen LogP contribution in [-0.4, -0.2) is 6.29 Å². The summed E-state index contributed by atoms with van der Waals surface area (Å²) in [5.74, 6) is 0. The summed E-state index contributed by atoms with van der Waals surface area (Å²) in [7, 11) is 0. The van der Waals surface area contributed by atoms with Crippen LogP contribution in [-0.2, 0) is 17.4 Å². The number of rotatable bonds is 5. The second-order valence-electron chi connectivity index (χ2n) is 4.90. The van der Waals surface area contributed by atoms with Gasteiger partial charge in [0.2, 0.25) is 0 Å². The molecule has 0 aliphatic heterocycles. The summed E-state index contributed by atoms with van der Waals surface area (Å²) in [4.78, 5) is 10.4. The first-order valence-corrected chi connectivity index (χ1v) is 7.20. The van der Waals surface area contributed by atoms with Gasteiger partial charge in [-0.15, -0.1) is 0 Å². The average Bonchev–Trinajstić information content (AvgIpc) is 2.47. The third kappa shape index (κ3) is 3.89. The fourth-order valence-electron chi connectivity index (χ4n) is 2.38. The quantitative estimate of drug-likeness (QED) is 0.520. The van der Waals surface area contributed by atoms with Gasteiger partial charge in [-0.1, -0.05) is 35.9 Å². The van der Waals surface area contributed by atoms with Crippen molar-refractivity contribution < 1.29 is 18.0 Å². The minimum atomic E-state index is -4.43. The second kappa shape index (κ2) is 6.97. The van der Waals surface area contributed by atoms with E-state index in [0.717, 1.165) is 12.4 Å². The lowest BCUT2D eigenvalue weighted by Gasteiger charge is -2.17. The van der Waals surface area contributed by atoms with Gasteiger partial charge in [-0.3, -0.25) is 0 Å². The Labute approximate surface area is 131 Å². The highest BCUT2D eigenvalue weighted by atomic mass is 35.5. The van der Waals surface area contributed by atoms with E-state index in [1.54, 1.807) is 30.3 Å². The predicted octanol–water partition coefficient (Wildman–Crippen LogP) is 5.55. The van der Waals surface area contributed by atoms with Crippen molar-refractivity contribution in [1.29, 1.82) is 0 Å². The highest BCUT2D eigenvalue weighted by Gasteiger charge is 2.34. The van der Waals surface area contributed by atoms with Crippen LogP contribution in [0.1, 0.15) is 24.0 Å². The first-order chi connectivity index (χ1) is 10.4. The van der Waals surface area contributed by atoms with Crippen molar-refractivity contribution in [3.63, 3.8) is 0 Å². The van der Waals surface area contributed by atoms with Gasteiger partial charge in [-0.2, -0.15) is 13.2 Å². The fraction of sp³-hybridized carbons (Fsp3) is 0.235. The monoisotopic (exact) mass is 326 g/mol. The molecule has 0 heterocycles. The van der Waals surface area contributed by atoms with Crippen molar-refractivity contribution in [2.24, 2.45) is 0 Å². The maximum atomic E-state index is 13.3. The maximum absolute atomic E-state index is 13.3. The number of halogens is 4. The summed E-state index contributed by atoms with van der Waals surface area (Å²) in [5.41, 5.74) is 0.549. The zero-order chi connectivity index (χ0) is 16.2. The molecule has 22 heavy (non-hydrogen) atoms. The van der Waals surface area contributed by atoms with E-state index in [2.05, 4.69) is 0 Å². The number of carbonyl (C=O) groups is 1. The lowest BCUT2D eigenvalue weighted by molar-refractivity contribution is -0.137. The molecule has 0 aliphatic rings. The Bertz CT molecular complexity index is 648. The fourth-order valence-corrected chi connectivity index (χ4v) is 2.50. The SMILES string of the molecule is O=CCCCc1cccc(C(F)(F)F)c1-c1ccc(Cl)cc1. The molecule has 0 N–H and O–H groups in total. The van der Waals surface area contributed by atoms with E-state index in [1.165, 1.54) is 6.07 Å². The minimum absolute atomic E-state index is 0.164. The highest BCUT2D eigenvalue weighted by Crippen LogP contribution is 2.39. The third-order valence-corrected chi connectivity index (χ3v) is 3.61. The van der Waals surface area contributed by atoms with Crippen molar-refractivity contribution in [2.75, 3.05) is 0 Å². The van der Waals surface area contributed by atoms with E-state index < -0.39 is 11.7 Å². The Hall–Kier alpha value is -1.81. The summed E-state index contributed by atoms with van der Waals surface area (Å²) < 4.78 is 39.9. The van der Waals surface area contributed by atoms with Crippen LogP contribution in [0.5, 0.6) is 0 Å². The van der Waals surface area contributed by atoms with Crippen LogP contribution in [0.2, 0.25) is 5.02 Å². The number of alkyl halides is 3. The second-order valence-corrected chi connectivity index (χ2v) is 5.34. The van der Waals surface area contributed by atoms with Crippen molar-refractivity contribution in [3.05, 3.63) is 58.6 Å². The van der Waals surface area contributed by atoms with Gasteiger partial charge in [-0.25, -0.2) is 0 Å². The van der Waals surface area contributed by atoms with Gasteiger partial charge < -0.3 is 4.79 Å². The Morgan fingerprint density at radius 3 is 2.32 bits per heavy atom. The van der Waals surface area contributed by atoms with Crippen LogP contribution in [0.3, 0.4) is 0 Å². The summed E-state index contributed by atoms with van der Waals surface area (Å²) >= 11 is 5.81. The molecule has 0 aromatic heterocycles. The summed E-state index contributed by atoms with van der Waals surface area (Å²) in [6.07, 6.45) is -2.40. The minimum Gasteiger partial charge on any atom is -0.303 e. The number of unbranched alkanes of at least 4 members (excludes halogenated alkanes) is 1. The lowest BCUT2D eigenvalue weighted by Crippen LogP contribution is -2.09. The number of benzene rings is 2. The molecule has 0 saturated heterocycles. The van der Waals surface area contributed by atoms with Crippen LogP contribution < -0.4 is 0 Å². The molecule has 0 aliphatic carbocycles. The Morgan fingerprint density at radius 1 is 1.05 bits per heavy atom. The van der Waals surface area contributed by atoms with E-state index in [0.29, 0.717) is 35.4 Å². The Kier molecular flexibility index (Phi) is 5.24. The normalized spacial score (nSPS) is 11.5. The summed E-state index contributed by atoms with van der Waals surface area (Å²) in [6.45, 7) is 0. The Balaban J connectivity index is 2.54. The van der Waals surface area contributed by atoms with Crippen molar-refractivity contribution >= 4 is 17.9 Å². The topological polar surface area (TPSA) is 17.1 Å². The van der Waals surface area contributed by atoms with E-state index in [9.17, 15) is 18.0 Å². The number of hydrogen-bond donors (Lipinski definition) is 0. The van der Waals surface area contributed by atoms with Crippen molar-refractivity contribution in [2.45, 2.75) is 25.4 Å². The van der Waals surface area contributed by atoms with E-state index in [-0.39, 0.29) is 5.56 Å². The van der Waals surface area contributed by atoms with Crippen molar-refractivity contribution in [3.8, 4) is 11.1 Å². The molecule has 0 unspecified atom stereocenters. The molecule has 0 spiro atoms. The first kappa shape index (κ1) is 16.6. The number of aldehydes is 1. The van der Waals surface area contributed by atoms with Gasteiger partial charge in [0.05, 0.1) is 5.56 Å². The van der Waals surface area contributed by atoms with E-state index >= 15 is 0 Å². The van der Waals surface area contributed by atoms with Gasteiger partial charge in [0.15, 0.2) is 0 Å². The zero-order valence-corrected chi connectivity index (χ0v) is 12.4. The average molecular weight is 327 g/mol. The van der Waals surface area contributed by atoms with E-state index in [4.69, 9.17) is 11.6 Å². The van der Waals surface area contributed by atoms with Gasteiger partial charge >= 0.3 is 6.18 Å². The Morgan fingerprint density at radius 2 is 1.73 bits per heavy atom. The molecule has 2 rings (SSSR count). The third-order valence-electron chi connectivity index (χ3n) is 3.36. The smallest absolute Gasteiger partial charge is 0.303 e. The molecule has 2 aromatic carbocycles. The molecule has 0 atom stereocenters. The maximum Gasteiger partial charge on any atom is 0.417 e. The number of aryl methyl sites for hydroxylation is 1. The van der Waals surface area contributed by atoms with Crippen LogP contribution >= 0.6 is 11.6 Å². The van der Waals surface area contributed by atoms with Gasteiger partial charge in [0.25, 0.3) is 0 Å². The molecule has 0 bridgehead atoms. The number of carbonyl (C=O) groups excluding carboxylic acids is 1. The molecule has 0 saturated carbocycles. The van der Waals surface area contributed by atoms with E-state index in [1.807, 2.05) is 0 Å². The molecule has 0 radical (unpaired) electrons. The molecule has 5 heteroatoms. The largest absolute Gasteiger partial charge is 0.417 e. The van der Waals surface area contributed by atoms with Crippen LogP contribution in [0.15, 0.2) is 42.5 Å². The first-order valence-electron chi connectivity index (χ1n) is 6.82. The van der Waals surface area contributed by atoms with Crippen LogP contribution in [0, 0.1) is 0 Å². The van der Waals surface area contributed by atoms with Gasteiger partial charge in [-0.05, 0) is 47.7 Å². The number of hydrogen-bond acceptors (Lipinski definition) is 1. The lowest BCUT2D eigenvalue weighted by atomic mass is 9.91.